The molecule has 0 radical (unpaired) electrons. The lowest BCUT2D eigenvalue weighted by atomic mass is 10.2. The molecule has 1 aliphatic rings. The molecule has 0 aliphatic carbocycles. The van der Waals surface area contributed by atoms with E-state index in [0.29, 0.717) is 18.1 Å². The monoisotopic (exact) mass is 448 g/mol. The zero-order valence-electron chi connectivity index (χ0n) is 15.8. The van der Waals surface area contributed by atoms with Crippen molar-refractivity contribution >= 4 is 36.0 Å². The number of anilines is 1. The second kappa shape index (κ2) is 7.55. The summed E-state index contributed by atoms with van der Waals surface area (Å²) in [6.07, 6.45) is 1.87. The topological polar surface area (TPSA) is 84.4 Å². The molecule has 0 spiro atoms. The van der Waals surface area contributed by atoms with Crippen LogP contribution >= 0.6 is 11.3 Å². The number of rotatable bonds is 5. The second-order valence-electron chi connectivity index (χ2n) is 6.92. The third-order valence-corrected chi connectivity index (χ3v) is 9.90. The molecule has 152 valence electrons. The molecule has 3 aromatic rings. The first kappa shape index (κ1) is 20.1. The van der Waals surface area contributed by atoms with Crippen molar-refractivity contribution in [3.63, 3.8) is 0 Å². The average molecular weight is 449 g/mol. The molecule has 4 rings (SSSR count). The Kier molecular flexibility index (Phi) is 5.22. The predicted molar refractivity (Wildman–Crippen MR) is 112 cm³/mol. The SMILES string of the molecule is Cc1ccc(S(=O)(=O)c2nc(S(=O)(=O)c3ccccc3)sc2N2CCCC2)cc1. The lowest BCUT2D eigenvalue weighted by Crippen LogP contribution is -2.19. The predicted octanol–water partition coefficient (Wildman–Crippen LogP) is 3.72. The quantitative estimate of drug-likeness (QED) is 0.591. The molecule has 2 aromatic carbocycles. The fourth-order valence-electron chi connectivity index (χ4n) is 3.22. The van der Waals surface area contributed by atoms with E-state index in [1.165, 1.54) is 24.3 Å². The Balaban J connectivity index is 1.88. The molecular weight excluding hydrogens is 428 g/mol. The molecular formula is C20H20N2O4S3. The zero-order valence-corrected chi connectivity index (χ0v) is 18.2. The number of hydrogen-bond donors (Lipinski definition) is 0. The molecule has 29 heavy (non-hydrogen) atoms. The van der Waals surface area contributed by atoms with Gasteiger partial charge in [-0.05, 0) is 44.0 Å². The van der Waals surface area contributed by atoms with Gasteiger partial charge >= 0.3 is 0 Å². The summed E-state index contributed by atoms with van der Waals surface area (Å²) < 4.78 is 52.6. The van der Waals surface area contributed by atoms with Crippen molar-refractivity contribution in [1.29, 1.82) is 0 Å². The number of hydrogen-bond acceptors (Lipinski definition) is 7. The molecule has 1 fully saturated rings. The standard InChI is InChI=1S/C20H20N2O4S3/c1-15-9-11-17(12-10-15)28(23,24)18-19(22-13-5-6-14-22)27-20(21-18)29(25,26)16-7-3-2-4-8-16/h2-4,7-12H,5-6,13-14H2,1H3. The van der Waals surface area contributed by atoms with Crippen LogP contribution in [-0.2, 0) is 19.7 Å². The van der Waals surface area contributed by atoms with Crippen LogP contribution in [0.25, 0.3) is 0 Å². The highest BCUT2D eigenvalue weighted by Gasteiger charge is 2.34. The first-order chi connectivity index (χ1) is 13.8. The molecule has 0 atom stereocenters. The van der Waals surface area contributed by atoms with E-state index in [-0.39, 0.29) is 19.2 Å². The van der Waals surface area contributed by atoms with E-state index < -0.39 is 19.7 Å². The Morgan fingerprint density at radius 1 is 0.828 bits per heavy atom. The Hall–Kier alpha value is -2.23. The van der Waals surface area contributed by atoms with Crippen LogP contribution in [0.15, 0.2) is 73.8 Å². The summed E-state index contributed by atoms with van der Waals surface area (Å²) in [5.41, 5.74) is 0.939. The van der Waals surface area contributed by atoms with Crippen LogP contribution in [-0.4, -0.2) is 34.9 Å². The smallest absolute Gasteiger partial charge is 0.233 e. The van der Waals surface area contributed by atoms with Gasteiger partial charge in [-0.15, -0.1) is 0 Å². The van der Waals surface area contributed by atoms with Crippen LogP contribution in [0.3, 0.4) is 0 Å². The molecule has 1 aliphatic heterocycles. The van der Waals surface area contributed by atoms with E-state index >= 15 is 0 Å². The van der Waals surface area contributed by atoms with E-state index in [1.54, 1.807) is 30.3 Å². The minimum absolute atomic E-state index is 0.0982. The van der Waals surface area contributed by atoms with Crippen molar-refractivity contribution in [2.24, 2.45) is 0 Å². The largest absolute Gasteiger partial charge is 0.361 e. The maximum absolute atomic E-state index is 13.3. The molecule has 0 bridgehead atoms. The zero-order chi connectivity index (χ0) is 20.6. The van der Waals surface area contributed by atoms with Gasteiger partial charge in [-0.3, -0.25) is 0 Å². The Morgan fingerprint density at radius 2 is 1.41 bits per heavy atom. The van der Waals surface area contributed by atoms with Crippen LogP contribution in [0.5, 0.6) is 0 Å². The van der Waals surface area contributed by atoms with E-state index in [2.05, 4.69) is 4.98 Å². The van der Waals surface area contributed by atoms with Gasteiger partial charge in [0.05, 0.1) is 9.79 Å². The van der Waals surface area contributed by atoms with Crippen molar-refractivity contribution in [3.05, 3.63) is 60.2 Å². The van der Waals surface area contributed by atoms with Crippen molar-refractivity contribution in [2.45, 2.75) is 38.9 Å². The molecule has 1 aromatic heterocycles. The molecule has 2 heterocycles. The summed E-state index contributed by atoms with van der Waals surface area (Å²) in [4.78, 5) is 6.30. The highest BCUT2D eigenvalue weighted by atomic mass is 32.2. The third-order valence-electron chi connectivity index (χ3n) is 4.82. The summed E-state index contributed by atoms with van der Waals surface area (Å²) >= 11 is 0.931. The molecule has 9 heteroatoms. The molecule has 1 saturated heterocycles. The number of sulfone groups is 2. The molecule has 0 N–H and O–H groups in total. The summed E-state index contributed by atoms with van der Waals surface area (Å²) in [5, 5.41) is 0.223. The minimum atomic E-state index is -3.95. The van der Waals surface area contributed by atoms with Crippen LogP contribution in [0, 0.1) is 6.92 Å². The Morgan fingerprint density at radius 3 is 2.03 bits per heavy atom. The fraction of sp³-hybridized carbons (Fsp3) is 0.250. The van der Waals surface area contributed by atoms with Crippen LogP contribution in [0.2, 0.25) is 0 Å². The van der Waals surface area contributed by atoms with Crippen molar-refractivity contribution in [1.82, 2.24) is 4.98 Å². The van der Waals surface area contributed by atoms with E-state index in [0.717, 1.165) is 29.7 Å². The van der Waals surface area contributed by atoms with Gasteiger partial charge in [-0.25, -0.2) is 21.8 Å². The lowest BCUT2D eigenvalue weighted by molar-refractivity contribution is 0.589. The molecule has 0 unspecified atom stereocenters. The average Bonchev–Trinajstić information content (AvgIpc) is 3.39. The number of aryl methyl sites for hydroxylation is 1. The van der Waals surface area contributed by atoms with Gasteiger partial charge in [-0.1, -0.05) is 47.2 Å². The Bertz CT molecular complexity index is 1230. The summed E-state index contributed by atoms with van der Waals surface area (Å²) in [7, 11) is -7.86. The van der Waals surface area contributed by atoms with Crippen molar-refractivity contribution in [3.8, 4) is 0 Å². The first-order valence-electron chi connectivity index (χ1n) is 9.18. The Labute approximate surface area is 174 Å². The van der Waals surface area contributed by atoms with Gasteiger partial charge in [0.2, 0.25) is 24.0 Å². The highest BCUT2D eigenvalue weighted by molar-refractivity contribution is 7.94. The van der Waals surface area contributed by atoms with Gasteiger partial charge in [0.15, 0.2) is 5.03 Å². The van der Waals surface area contributed by atoms with Gasteiger partial charge in [0.25, 0.3) is 0 Å². The van der Waals surface area contributed by atoms with Gasteiger partial charge in [0.1, 0.15) is 5.00 Å². The molecule has 6 nitrogen and oxygen atoms in total. The van der Waals surface area contributed by atoms with Crippen LogP contribution in [0.1, 0.15) is 18.4 Å². The van der Waals surface area contributed by atoms with E-state index in [4.69, 9.17) is 0 Å². The first-order valence-corrected chi connectivity index (χ1v) is 13.0. The van der Waals surface area contributed by atoms with E-state index in [9.17, 15) is 16.8 Å². The maximum Gasteiger partial charge on any atom is 0.233 e. The number of nitrogens with zero attached hydrogens (tertiary/aromatic N) is 2. The number of thiazole rings is 1. The highest BCUT2D eigenvalue weighted by Crippen LogP contribution is 2.40. The van der Waals surface area contributed by atoms with E-state index in [1.807, 2.05) is 11.8 Å². The van der Waals surface area contributed by atoms with Gasteiger partial charge in [0, 0.05) is 13.1 Å². The fourth-order valence-corrected chi connectivity index (χ4v) is 7.72. The lowest BCUT2D eigenvalue weighted by Gasteiger charge is -2.16. The summed E-state index contributed by atoms with van der Waals surface area (Å²) in [6, 6.07) is 14.5. The van der Waals surface area contributed by atoms with Gasteiger partial charge in [-0.2, -0.15) is 0 Å². The van der Waals surface area contributed by atoms with Crippen molar-refractivity contribution in [2.75, 3.05) is 18.0 Å². The number of benzene rings is 2. The van der Waals surface area contributed by atoms with Crippen LogP contribution < -0.4 is 4.90 Å². The summed E-state index contributed by atoms with van der Waals surface area (Å²) in [6.45, 7) is 3.24. The molecule has 0 amide bonds. The molecule has 0 saturated carbocycles. The second-order valence-corrected chi connectivity index (χ2v) is 11.9. The normalized spacial score (nSPS) is 15.0. The third kappa shape index (κ3) is 3.70. The van der Waals surface area contributed by atoms with Gasteiger partial charge < -0.3 is 4.90 Å². The maximum atomic E-state index is 13.3. The minimum Gasteiger partial charge on any atom is -0.361 e. The summed E-state index contributed by atoms with van der Waals surface area (Å²) in [5.74, 6) is 0. The van der Waals surface area contributed by atoms with Crippen molar-refractivity contribution < 1.29 is 16.8 Å². The number of aromatic nitrogens is 1. The van der Waals surface area contributed by atoms with Crippen LogP contribution in [0.4, 0.5) is 5.00 Å².